The number of aryl methyl sites for hydroxylation is 1. The van der Waals surface area contributed by atoms with Crippen LogP contribution >= 0.6 is 11.6 Å². The van der Waals surface area contributed by atoms with Gasteiger partial charge in [0, 0.05) is 11.1 Å². The minimum atomic E-state index is -3.76. The molecule has 1 amide bonds. The summed E-state index contributed by atoms with van der Waals surface area (Å²) >= 11 is 6.05. The molecule has 0 radical (unpaired) electrons. The number of rotatable bonds is 7. The van der Waals surface area contributed by atoms with Crippen LogP contribution < -0.4 is 19.1 Å². The van der Waals surface area contributed by atoms with Gasteiger partial charge in [0.1, 0.15) is 17.5 Å². The smallest absolute Gasteiger partial charge is 0.248 e. The highest BCUT2D eigenvalue weighted by molar-refractivity contribution is 7.92. The van der Waals surface area contributed by atoms with E-state index in [-0.39, 0.29) is 0 Å². The second-order valence-corrected chi connectivity index (χ2v) is 8.52. The van der Waals surface area contributed by atoms with E-state index >= 15 is 0 Å². The molecule has 0 fully saturated rings. The van der Waals surface area contributed by atoms with E-state index in [9.17, 15) is 13.2 Å². The van der Waals surface area contributed by atoms with Gasteiger partial charge in [-0.15, -0.1) is 0 Å². The van der Waals surface area contributed by atoms with Crippen molar-refractivity contribution in [3.63, 3.8) is 0 Å². The van der Waals surface area contributed by atoms with Crippen molar-refractivity contribution in [2.45, 2.75) is 19.9 Å². The van der Waals surface area contributed by atoms with Crippen molar-refractivity contribution in [1.82, 2.24) is 0 Å². The molecule has 0 aromatic heterocycles. The molecule has 28 heavy (non-hydrogen) atoms. The van der Waals surface area contributed by atoms with Crippen LogP contribution in [-0.2, 0) is 14.8 Å². The molecule has 0 aliphatic heterocycles. The molecule has 1 atom stereocenters. The number of hydrogen-bond donors (Lipinski definition) is 1. The van der Waals surface area contributed by atoms with Crippen LogP contribution in [0.1, 0.15) is 12.5 Å². The van der Waals surface area contributed by atoms with Gasteiger partial charge in [0.2, 0.25) is 15.9 Å². The summed E-state index contributed by atoms with van der Waals surface area (Å²) in [5, 5.41) is 3.08. The van der Waals surface area contributed by atoms with Gasteiger partial charge in [0.05, 0.1) is 31.9 Å². The van der Waals surface area contributed by atoms with Crippen molar-refractivity contribution in [3.05, 3.63) is 47.0 Å². The standard InChI is InChI=1S/C19H23ClN2O5S/c1-12-6-7-14(20)10-17(12)22(28(5,24)25)13(2)19(23)21-16-11-15(26-3)8-9-18(16)27-4/h6-11,13H,1-5H3,(H,21,23)/t13-/m1/s1. The van der Waals surface area contributed by atoms with Crippen LogP contribution in [0.15, 0.2) is 36.4 Å². The molecular weight excluding hydrogens is 404 g/mol. The van der Waals surface area contributed by atoms with Gasteiger partial charge < -0.3 is 14.8 Å². The van der Waals surface area contributed by atoms with Crippen molar-refractivity contribution >= 4 is 38.9 Å². The van der Waals surface area contributed by atoms with E-state index in [4.69, 9.17) is 21.1 Å². The van der Waals surface area contributed by atoms with Crippen LogP contribution in [0.25, 0.3) is 0 Å². The minimum Gasteiger partial charge on any atom is -0.497 e. The number of nitrogens with one attached hydrogen (secondary N) is 1. The highest BCUT2D eigenvalue weighted by atomic mass is 35.5. The summed E-state index contributed by atoms with van der Waals surface area (Å²) in [6, 6.07) is 8.78. The number of carbonyl (C=O) groups excluding carboxylic acids is 1. The Morgan fingerprint density at radius 3 is 2.39 bits per heavy atom. The van der Waals surface area contributed by atoms with E-state index in [1.807, 2.05) is 0 Å². The summed E-state index contributed by atoms with van der Waals surface area (Å²) in [4.78, 5) is 12.9. The zero-order valence-electron chi connectivity index (χ0n) is 16.3. The minimum absolute atomic E-state index is 0.343. The first-order chi connectivity index (χ1) is 13.1. The van der Waals surface area contributed by atoms with Gasteiger partial charge in [0.15, 0.2) is 0 Å². The third-order valence-corrected chi connectivity index (χ3v) is 5.62. The van der Waals surface area contributed by atoms with Gasteiger partial charge in [-0.3, -0.25) is 9.10 Å². The average Bonchev–Trinajstić information content (AvgIpc) is 2.63. The summed E-state index contributed by atoms with van der Waals surface area (Å²) in [6.07, 6.45) is 1.04. The highest BCUT2D eigenvalue weighted by Crippen LogP contribution is 2.31. The number of hydrogen-bond acceptors (Lipinski definition) is 5. The van der Waals surface area contributed by atoms with Crippen molar-refractivity contribution in [3.8, 4) is 11.5 Å². The molecule has 0 aliphatic carbocycles. The maximum atomic E-state index is 12.9. The number of amides is 1. The largest absolute Gasteiger partial charge is 0.497 e. The topological polar surface area (TPSA) is 84.9 Å². The SMILES string of the molecule is COc1ccc(OC)c(NC(=O)[C@@H](C)N(c2cc(Cl)ccc2C)S(C)(=O)=O)c1. The second-order valence-electron chi connectivity index (χ2n) is 6.22. The number of sulfonamides is 1. The molecule has 0 spiro atoms. The molecule has 0 saturated heterocycles. The Hall–Kier alpha value is -2.45. The number of benzene rings is 2. The molecule has 2 aromatic carbocycles. The quantitative estimate of drug-likeness (QED) is 0.732. The Morgan fingerprint density at radius 2 is 1.82 bits per heavy atom. The van der Waals surface area contributed by atoms with Gasteiger partial charge in [-0.05, 0) is 43.7 Å². The van der Waals surface area contributed by atoms with Crippen LogP contribution in [0.3, 0.4) is 0 Å². The lowest BCUT2D eigenvalue weighted by molar-refractivity contribution is -0.116. The first-order valence-corrected chi connectivity index (χ1v) is 10.6. The Balaban J connectivity index is 2.42. The fraction of sp³-hybridized carbons (Fsp3) is 0.316. The predicted molar refractivity (Wildman–Crippen MR) is 111 cm³/mol. The summed E-state index contributed by atoms with van der Waals surface area (Å²) in [6.45, 7) is 3.25. The molecule has 9 heteroatoms. The van der Waals surface area contributed by atoms with Crippen LogP contribution in [0, 0.1) is 6.92 Å². The summed E-state index contributed by atoms with van der Waals surface area (Å²) in [7, 11) is -0.790. The molecule has 0 unspecified atom stereocenters. The lowest BCUT2D eigenvalue weighted by atomic mass is 10.1. The van der Waals surface area contributed by atoms with Crippen LogP contribution in [0.5, 0.6) is 11.5 Å². The van der Waals surface area contributed by atoms with E-state index in [0.29, 0.717) is 33.5 Å². The van der Waals surface area contributed by atoms with Crippen molar-refractivity contribution in [2.75, 3.05) is 30.1 Å². The Morgan fingerprint density at radius 1 is 1.14 bits per heavy atom. The summed E-state index contributed by atoms with van der Waals surface area (Å²) in [5.41, 5.74) is 1.39. The van der Waals surface area contributed by atoms with Crippen molar-refractivity contribution in [1.29, 1.82) is 0 Å². The van der Waals surface area contributed by atoms with Crippen molar-refractivity contribution < 1.29 is 22.7 Å². The number of halogens is 1. The maximum Gasteiger partial charge on any atom is 0.248 e. The number of anilines is 2. The van der Waals surface area contributed by atoms with E-state index in [0.717, 1.165) is 10.6 Å². The third kappa shape index (κ3) is 4.88. The number of ether oxygens (including phenoxy) is 2. The molecule has 2 rings (SSSR count). The van der Waals surface area contributed by atoms with Gasteiger partial charge >= 0.3 is 0 Å². The van der Waals surface area contributed by atoms with Crippen molar-refractivity contribution in [2.24, 2.45) is 0 Å². The number of carbonyl (C=O) groups is 1. The highest BCUT2D eigenvalue weighted by Gasteiger charge is 2.30. The van der Waals surface area contributed by atoms with Gasteiger partial charge in [-0.1, -0.05) is 17.7 Å². The van der Waals surface area contributed by atoms with Gasteiger partial charge in [-0.25, -0.2) is 8.42 Å². The van der Waals surface area contributed by atoms with E-state index in [2.05, 4.69) is 5.32 Å². The molecular formula is C19H23ClN2O5S. The average molecular weight is 427 g/mol. The lowest BCUT2D eigenvalue weighted by Gasteiger charge is -2.29. The van der Waals surface area contributed by atoms with E-state index in [1.54, 1.807) is 37.3 Å². The van der Waals surface area contributed by atoms with Crippen LogP contribution in [-0.4, -0.2) is 40.8 Å². The first kappa shape index (κ1) is 21.8. The first-order valence-electron chi connectivity index (χ1n) is 8.37. The molecule has 7 nitrogen and oxygen atoms in total. The van der Waals surface area contributed by atoms with E-state index < -0.39 is 22.0 Å². The number of nitrogens with zero attached hydrogens (tertiary/aromatic N) is 1. The second kappa shape index (κ2) is 8.70. The monoisotopic (exact) mass is 426 g/mol. The fourth-order valence-corrected chi connectivity index (χ4v) is 4.14. The zero-order valence-corrected chi connectivity index (χ0v) is 17.9. The van der Waals surface area contributed by atoms with Crippen LogP contribution in [0.4, 0.5) is 11.4 Å². The molecule has 1 N–H and O–H groups in total. The molecule has 0 aliphatic rings. The summed E-state index contributed by atoms with van der Waals surface area (Å²) < 4.78 is 36.4. The lowest BCUT2D eigenvalue weighted by Crippen LogP contribution is -2.45. The predicted octanol–water partition coefficient (Wildman–Crippen LogP) is 3.46. The normalized spacial score (nSPS) is 12.2. The van der Waals surface area contributed by atoms with Crippen LogP contribution in [0.2, 0.25) is 5.02 Å². The molecule has 2 aromatic rings. The summed E-state index contributed by atoms with van der Waals surface area (Å²) in [5.74, 6) is 0.414. The Bertz CT molecular complexity index is 978. The Labute approximate surface area is 170 Å². The van der Waals surface area contributed by atoms with Gasteiger partial charge in [0.25, 0.3) is 0 Å². The molecule has 0 saturated carbocycles. The molecule has 152 valence electrons. The number of methoxy groups -OCH3 is 2. The van der Waals surface area contributed by atoms with Gasteiger partial charge in [-0.2, -0.15) is 0 Å². The molecule has 0 heterocycles. The zero-order chi connectivity index (χ0) is 21.1. The fourth-order valence-electron chi connectivity index (χ4n) is 2.75. The molecule has 0 bridgehead atoms. The Kier molecular flexibility index (Phi) is 6.79. The third-order valence-electron chi connectivity index (χ3n) is 4.16. The maximum absolute atomic E-state index is 12.9. The van der Waals surface area contributed by atoms with E-state index in [1.165, 1.54) is 27.2 Å².